The number of likely N-dealkylation sites (tertiary alicyclic amines) is 1. The van der Waals surface area contributed by atoms with Gasteiger partial charge in [0, 0.05) is 19.1 Å². The maximum Gasteiger partial charge on any atom is 0.308 e. The van der Waals surface area contributed by atoms with Gasteiger partial charge >= 0.3 is 5.97 Å². The number of nitrogens with one attached hydrogen (secondary N) is 1. The predicted molar refractivity (Wildman–Crippen MR) is 150 cm³/mol. The Labute approximate surface area is 222 Å². The first-order valence-corrected chi connectivity index (χ1v) is 14.1. The predicted octanol–water partition coefficient (Wildman–Crippen LogP) is 6.06. The molecule has 1 aliphatic heterocycles. The molecule has 2 atom stereocenters. The minimum atomic E-state index is -0.866. The van der Waals surface area contributed by atoms with Crippen molar-refractivity contribution in [3.05, 3.63) is 59.7 Å². The highest BCUT2D eigenvalue weighted by Gasteiger charge is 2.43. The second-order valence-corrected chi connectivity index (χ2v) is 12.3. The van der Waals surface area contributed by atoms with Crippen molar-refractivity contribution >= 4 is 11.9 Å². The lowest BCUT2D eigenvalue weighted by atomic mass is 9.76. The summed E-state index contributed by atoms with van der Waals surface area (Å²) in [5.41, 5.74) is 3.74. The van der Waals surface area contributed by atoms with Gasteiger partial charge in [-0.15, -0.1) is 0 Å². The van der Waals surface area contributed by atoms with Gasteiger partial charge in [0.2, 0.25) is 5.91 Å². The molecule has 5 heteroatoms. The molecule has 2 aliphatic rings. The maximum absolute atomic E-state index is 13.5. The summed E-state index contributed by atoms with van der Waals surface area (Å²) in [6.07, 6.45) is 7.34. The molecule has 1 amide bonds. The van der Waals surface area contributed by atoms with Crippen molar-refractivity contribution in [1.29, 1.82) is 0 Å². The number of nitrogens with zero attached hydrogens (tertiary/aromatic N) is 1. The van der Waals surface area contributed by atoms with E-state index in [9.17, 15) is 14.7 Å². The molecule has 1 unspecified atom stereocenters. The van der Waals surface area contributed by atoms with E-state index in [1.54, 1.807) is 0 Å². The van der Waals surface area contributed by atoms with E-state index in [1.165, 1.54) is 30.5 Å². The fourth-order valence-corrected chi connectivity index (χ4v) is 6.20. The lowest BCUT2D eigenvalue weighted by Gasteiger charge is -2.32. The summed E-state index contributed by atoms with van der Waals surface area (Å²) in [5, 5.41) is 12.7. The molecule has 1 saturated carbocycles. The highest BCUT2D eigenvalue weighted by Crippen LogP contribution is 2.42. The van der Waals surface area contributed by atoms with Gasteiger partial charge in [-0.3, -0.25) is 9.59 Å². The van der Waals surface area contributed by atoms with E-state index in [-0.39, 0.29) is 12.5 Å². The van der Waals surface area contributed by atoms with Gasteiger partial charge in [-0.05, 0) is 73.2 Å². The van der Waals surface area contributed by atoms with Crippen molar-refractivity contribution in [2.24, 2.45) is 11.3 Å². The molecule has 200 valence electrons. The molecule has 0 aromatic heterocycles. The van der Waals surface area contributed by atoms with Crippen LogP contribution in [0.3, 0.4) is 0 Å². The number of aliphatic carboxylic acids is 1. The van der Waals surface area contributed by atoms with E-state index in [4.69, 9.17) is 0 Å². The van der Waals surface area contributed by atoms with Crippen LogP contribution in [-0.2, 0) is 21.4 Å². The quantitative estimate of drug-likeness (QED) is 0.436. The zero-order chi connectivity index (χ0) is 26.6. The molecule has 1 saturated heterocycles. The average Bonchev–Trinajstić information content (AvgIpc) is 3.52. The fourth-order valence-electron chi connectivity index (χ4n) is 6.20. The normalized spacial score (nSPS) is 20.6. The minimum absolute atomic E-state index is 0.0371. The van der Waals surface area contributed by atoms with Crippen LogP contribution in [0.15, 0.2) is 48.5 Å². The first-order valence-electron chi connectivity index (χ1n) is 14.1. The van der Waals surface area contributed by atoms with Gasteiger partial charge in [-0.2, -0.15) is 0 Å². The van der Waals surface area contributed by atoms with E-state index in [2.05, 4.69) is 65.7 Å². The van der Waals surface area contributed by atoms with E-state index in [1.807, 2.05) is 20.8 Å². The number of carbonyl (C=O) groups excluding carboxylic acids is 1. The summed E-state index contributed by atoms with van der Waals surface area (Å²) in [7, 11) is 0. The summed E-state index contributed by atoms with van der Waals surface area (Å²) in [6, 6.07) is 18.0. The Morgan fingerprint density at radius 1 is 1.00 bits per heavy atom. The Morgan fingerprint density at radius 2 is 1.59 bits per heavy atom. The van der Waals surface area contributed by atoms with E-state index < -0.39 is 22.7 Å². The molecule has 2 N–H and O–H groups in total. The second-order valence-electron chi connectivity index (χ2n) is 12.3. The van der Waals surface area contributed by atoms with Crippen molar-refractivity contribution in [1.82, 2.24) is 10.2 Å². The summed E-state index contributed by atoms with van der Waals surface area (Å²) < 4.78 is 0. The number of carboxylic acid groups (broad SMARTS) is 1. The number of carbonyl (C=O) groups is 2. The van der Waals surface area contributed by atoms with E-state index >= 15 is 0 Å². The van der Waals surface area contributed by atoms with Crippen LogP contribution in [0.2, 0.25) is 0 Å². The van der Waals surface area contributed by atoms with Gasteiger partial charge in [0.1, 0.15) is 0 Å². The third-order valence-electron chi connectivity index (χ3n) is 8.80. The molecule has 0 radical (unpaired) electrons. The van der Waals surface area contributed by atoms with Gasteiger partial charge in [-0.25, -0.2) is 0 Å². The molecule has 2 aromatic carbocycles. The van der Waals surface area contributed by atoms with Crippen LogP contribution < -0.4 is 5.32 Å². The molecule has 4 rings (SSSR count). The van der Waals surface area contributed by atoms with E-state index in [0.717, 1.165) is 49.8 Å². The molecule has 1 aliphatic carbocycles. The van der Waals surface area contributed by atoms with Crippen LogP contribution in [0.5, 0.6) is 0 Å². The minimum Gasteiger partial charge on any atom is -0.481 e. The summed E-state index contributed by atoms with van der Waals surface area (Å²) >= 11 is 0. The molecule has 2 fully saturated rings. The standard InChI is InChI=1S/C32H44N2O3/c1-23-8-7-20-34(23)21-17-24-9-11-25(12-10-24)26-13-15-27(16-14-26)32(18-5-6-19-32)30(37)33-22-28(29(35)36)31(2,3)4/h9-16,23,28H,5-8,17-22H2,1-4H3,(H,33,37)(H,35,36)/t23?,28-/m1/s1. The second kappa shape index (κ2) is 11.4. The zero-order valence-electron chi connectivity index (χ0n) is 23.1. The number of carboxylic acids is 1. The van der Waals surface area contributed by atoms with Crippen LogP contribution in [-0.4, -0.2) is 47.6 Å². The first kappa shape index (κ1) is 27.4. The average molecular weight is 505 g/mol. The monoisotopic (exact) mass is 504 g/mol. The number of hydrogen-bond donors (Lipinski definition) is 2. The lowest BCUT2D eigenvalue weighted by molar-refractivity contribution is -0.145. The van der Waals surface area contributed by atoms with Crippen molar-refractivity contribution < 1.29 is 14.7 Å². The summed E-state index contributed by atoms with van der Waals surface area (Å²) in [5.74, 6) is -1.53. The Bertz CT molecular complexity index is 1060. The summed E-state index contributed by atoms with van der Waals surface area (Å²) in [4.78, 5) is 27.9. The number of amides is 1. The lowest BCUT2D eigenvalue weighted by Crippen LogP contribution is -2.47. The van der Waals surface area contributed by atoms with Crippen LogP contribution >= 0.6 is 0 Å². The largest absolute Gasteiger partial charge is 0.481 e. The van der Waals surface area contributed by atoms with Gasteiger partial charge < -0.3 is 15.3 Å². The van der Waals surface area contributed by atoms with Crippen LogP contribution in [0, 0.1) is 11.3 Å². The Hall–Kier alpha value is -2.66. The SMILES string of the molecule is CC1CCCN1CCc1ccc(-c2ccc(C3(C(=O)NC[C@H](C(=O)O)C(C)(C)C)CCCC3)cc2)cc1. The third-order valence-corrected chi connectivity index (χ3v) is 8.80. The molecule has 5 nitrogen and oxygen atoms in total. The highest BCUT2D eigenvalue weighted by molar-refractivity contribution is 5.89. The molecular formula is C32H44N2O3. The Morgan fingerprint density at radius 3 is 2.11 bits per heavy atom. The molecule has 0 bridgehead atoms. The molecule has 37 heavy (non-hydrogen) atoms. The van der Waals surface area contributed by atoms with Gasteiger partial charge in [0.25, 0.3) is 0 Å². The van der Waals surface area contributed by atoms with Crippen molar-refractivity contribution in [3.63, 3.8) is 0 Å². The Balaban J connectivity index is 1.43. The smallest absolute Gasteiger partial charge is 0.308 e. The fraction of sp³-hybridized carbons (Fsp3) is 0.562. The number of hydrogen-bond acceptors (Lipinski definition) is 3. The Kier molecular flexibility index (Phi) is 8.42. The highest BCUT2D eigenvalue weighted by atomic mass is 16.4. The molecule has 0 spiro atoms. The molecule has 2 aromatic rings. The van der Waals surface area contributed by atoms with Crippen LogP contribution in [0.25, 0.3) is 11.1 Å². The topological polar surface area (TPSA) is 69.6 Å². The van der Waals surface area contributed by atoms with Crippen LogP contribution in [0.1, 0.15) is 77.3 Å². The van der Waals surface area contributed by atoms with Gasteiger partial charge in [0.15, 0.2) is 0 Å². The van der Waals surface area contributed by atoms with Gasteiger partial charge in [0.05, 0.1) is 11.3 Å². The third kappa shape index (κ3) is 6.26. The molecular weight excluding hydrogens is 460 g/mol. The first-order chi connectivity index (χ1) is 17.6. The maximum atomic E-state index is 13.5. The van der Waals surface area contributed by atoms with Crippen molar-refractivity contribution in [2.75, 3.05) is 19.6 Å². The number of rotatable bonds is 9. The van der Waals surface area contributed by atoms with Crippen LogP contribution in [0.4, 0.5) is 0 Å². The number of benzene rings is 2. The van der Waals surface area contributed by atoms with Crippen molar-refractivity contribution in [3.8, 4) is 11.1 Å². The zero-order valence-corrected chi connectivity index (χ0v) is 23.1. The molecule has 1 heterocycles. The summed E-state index contributed by atoms with van der Waals surface area (Å²) in [6.45, 7) is 10.6. The van der Waals surface area contributed by atoms with Crippen molar-refractivity contribution in [2.45, 2.75) is 84.1 Å². The van der Waals surface area contributed by atoms with E-state index in [0.29, 0.717) is 6.04 Å². The van der Waals surface area contributed by atoms with Gasteiger partial charge in [-0.1, -0.05) is 82.1 Å².